The Morgan fingerprint density at radius 1 is 1.26 bits per heavy atom. The van der Waals surface area contributed by atoms with E-state index in [2.05, 4.69) is 5.32 Å². The van der Waals surface area contributed by atoms with E-state index in [0.717, 1.165) is 19.4 Å². The lowest BCUT2D eigenvalue weighted by atomic mass is 9.79. The van der Waals surface area contributed by atoms with E-state index < -0.39 is 47.0 Å². The molecule has 0 aliphatic carbocycles. The summed E-state index contributed by atoms with van der Waals surface area (Å²) in [4.78, 5) is 67.3. The van der Waals surface area contributed by atoms with Crippen LogP contribution >= 0.6 is 11.8 Å². The van der Waals surface area contributed by atoms with Gasteiger partial charge in [0.25, 0.3) is 5.69 Å². The number of carboxylic acids is 1. The number of non-ortho nitro benzene ring substituents is 1. The smallest absolute Gasteiger partial charge is 0.410 e. The lowest BCUT2D eigenvalue weighted by Gasteiger charge is -2.46. The number of fused-ring (bicyclic) bond motifs is 1. The van der Waals surface area contributed by atoms with Gasteiger partial charge in [0.1, 0.15) is 18.3 Å². The van der Waals surface area contributed by atoms with Gasteiger partial charge in [0.05, 0.1) is 29.2 Å². The van der Waals surface area contributed by atoms with Gasteiger partial charge in [-0.05, 0) is 57.5 Å². The summed E-state index contributed by atoms with van der Waals surface area (Å²) in [5, 5.41) is 33.7. The lowest BCUT2D eigenvalue weighted by molar-refractivity contribution is -0.384. The summed E-state index contributed by atoms with van der Waals surface area (Å²) in [7, 11) is 1.91. The van der Waals surface area contributed by atoms with E-state index in [-0.39, 0.29) is 54.2 Å². The molecule has 0 spiro atoms. The van der Waals surface area contributed by atoms with Gasteiger partial charge < -0.3 is 25.2 Å². The molecule has 7 atom stereocenters. The number of aliphatic hydroxyl groups is 1. The monoisotopic (exact) mass is 617 g/mol. The Labute approximate surface area is 252 Å². The predicted molar refractivity (Wildman–Crippen MR) is 153 cm³/mol. The largest absolute Gasteiger partial charge is 0.477 e. The Hall–Kier alpha value is -3.69. The number of nitrogens with one attached hydrogen (secondary N) is 1. The number of aliphatic hydroxyl groups excluding tert-OH is 1. The van der Waals surface area contributed by atoms with Crippen LogP contribution in [-0.2, 0) is 25.7 Å². The number of carbonyl (C=O) groups excluding carboxylic acids is 3. The lowest BCUT2D eigenvalue weighted by Crippen LogP contribution is -2.63. The molecule has 3 amide bonds. The Morgan fingerprint density at radius 2 is 1.95 bits per heavy atom. The molecule has 15 heteroatoms. The first kappa shape index (κ1) is 30.8. The number of likely N-dealkylation sites (tertiary alicyclic amines) is 2. The van der Waals surface area contributed by atoms with E-state index in [1.165, 1.54) is 52.8 Å². The summed E-state index contributed by atoms with van der Waals surface area (Å²) in [5.74, 6) is -3.06. The zero-order valence-corrected chi connectivity index (χ0v) is 24.9. The summed E-state index contributed by atoms with van der Waals surface area (Å²) in [6, 6.07) is 4.26. The zero-order valence-electron chi connectivity index (χ0n) is 24.0. The van der Waals surface area contributed by atoms with E-state index in [1.54, 1.807) is 0 Å². The minimum atomic E-state index is -1.25. The van der Waals surface area contributed by atoms with Crippen LogP contribution in [0, 0.1) is 22.0 Å². The second-order valence-corrected chi connectivity index (χ2v) is 12.9. The van der Waals surface area contributed by atoms with Crippen molar-refractivity contribution in [1.29, 1.82) is 0 Å². The van der Waals surface area contributed by atoms with Crippen molar-refractivity contribution in [3.8, 4) is 0 Å². The summed E-state index contributed by atoms with van der Waals surface area (Å²) in [6.45, 7) is 4.12. The highest BCUT2D eigenvalue weighted by Crippen LogP contribution is 2.52. The van der Waals surface area contributed by atoms with Crippen LogP contribution < -0.4 is 5.32 Å². The second kappa shape index (κ2) is 12.1. The molecule has 1 unspecified atom stereocenters. The molecule has 4 heterocycles. The summed E-state index contributed by atoms with van der Waals surface area (Å²) in [6.07, 6.45) is 0.118. The SMILES string of the molecule is C[C@@H](O)[C@H]1C(=O)N2C(C(=O)O)=C(S[C@H]3C[C@@H](C(=O)NC4CCCN4C)N(C(=O)OCc4ccc([N+](=O)[O-])cc4)C3)[C@H](C)[C@H]12. The summed E-state index contributed by atoms with van der Waals surface area (Å²) >= 11 is 1.25. The van der Waals surface area contributed by atoms with Gasteiger partial charge >= 0.3 is 12.1 Å². The van der Waals surface area contributed by atoms with Crippen LogP contribution in [0.1, 0.15) is 38.7 Å². The molecule has 232 valence electrons. The first-order valence-corrected chi connectivity index (χ1v) is 15.1. The minimum absolute atomic E-state index is 0.0921. The molecule has 14 nitrogen and oxygen atoms in total. The minimum Gasteiger partial charge on any atom is -0.477 e. The number of nitrogens with zero attached hydrogens (tertiary/aromatic N) is 4. The number of rotatable bonds is 9. The number of nitro benzene ring substituents is 1. The third-order valence-corrected chi connectivity index (χ3v) is 10.2. The van der Waals surface area contributed by atoms with Crippen molar-refractivity contribution in [2.75, 3.05) is 20.1 Å². The summed E-state index contributed by atoms with van der Waals surface area (Å²) in [5.41, 5.74) is 0.332. The first-order valence-electron chi connectivity index (χ1n) is 14.2. The standard InChI is InChI=1S/C28H35N5O9S/c1-14-22-21(15(2)34)26(36)32(22)23(27(37)38)24(14)43-18-11-19(25(35)29-20-5-4-10-30(20)3)31(12-18)28(39)42-13-16-6-8-17(9-7-16)33(40)41/h6-9,14-15,18-22,34H,4-5,10-13H2,1-3H3,(H,29,35)(H,37,38)/t14-,15-,18+,19+,20?,21-,22-/m1/s1. The second-order valence-electron chi connectivity index (χ2n) is 11.5. The molecule has 4 aliphatic heterocycles. The number of amides is 3. The van der Waals surface area contributed by atoms with E-state index in [0.29, 0.717) is 10.5 Å². The fourth-order valence-corrected chi connectivity index (χ4v) is 8.01. The molecule has 43 heavy (non-hydrogen) atoms. The fraction of sp³-hybridized carbons (Fsp3) is 0.571. The van der Waals surface area contributed by atoms with Gasteiger partial charge in [0.15, 0.2) is 0 Å². The van der Waals surface area contributed by atoms with E-state index in [4.69, 9.17) is 4.74 Å². The van der Waals surface area contributed by atoms with Crippen molar-refractivity contribution in [1.82, 2.24) is 20.0 Å². The molecule has 1 aromatic rings. The van der Waals surface area contributed by atoms with Gasteiger partial charge in [0, 0.05) is 34.8 Å². The maximum absolute atomic E-state index is 13.5. The quantitative estimate of drug-likeness (QED) is 0.208. The first-order chi connectivity index (χ1) is 20.4. The van der Waals surface area contributed by atoms with Gasteiger partial charge in [-0.15, -0.1) is 11.8 Å². The third-order valence-electron chi connectivity index (χ3n) is 8.74. The van der Waals surface area contributed by atoms with Crippen LogP contribution in [0.4, 0.5) is 10.5 Å². The van der Waals surface area contributed by atoms with Crippen LogP contribution in [-0.4, -0.2) is 103 Å². The molecule has 0 radical (unpaired) electrons. The number of carboxylic acid groups (broad SMARTS) is 1. The van der Waals surface area contributed by atoms with Crippen molar-refractivity contribution in [2.24, 2.45) is 11.8 Å². The van der Waals surface area contributed by atoms with Gasteiger partial charge in [0.2, 0.25) is 11.8 Å². The fourth-order valence-electron chi connectivity index (χ4n) is 6.49. The number of thioether (sulfide) groups is 1. The van der Waals surface area contributed by atoms with Crippen molar-refractivity contribution in [2.45, 2.75) is 69.3 Å². The average molecular weight is 618 g/mol. The Bertz CT molecular complexity index is 1350. The number of aliphatic carboxylic acids is 1. The van der Waals surface area contributed by atoms with E-state index in [9.17, 15) is 39.5 Å². The molecule has 0 aromatic heterocycles. The number of β-lactam (4-membered cyclic amide) rings is 1. The Kier molecular flexibility index (Phi) is 8.68. The Morgan fingerprint density at radius 3 is 2.53 bits per heavy atom. The van der Waals surface area contributed by atoms with Gasteiger partial charge in [-0.2, -0.15) is 0 Å². The van der Waals surface area contributed by atoms with Crippen LogP contribution in [0.5, 0.6) is 0 Å². The maximum atomic E-state index is 13.5. The normalized spacial score (nSPS) is 29.3. The van der Waals surface area contributed by atoms with Gasteiger partial charge in [-0.3, -0.25) is 29.5 Å². The zero-order chi connectivity index (χ0) is 31.2. The van der Waals surface area contributed by atoms with E-state index in [1.807, 2.05) is 18.9 Å². The molecule has 1 aromatic carbocycles. The molecule has 3 N–H and O–H groups in total. The van der Waals surface area contributed by atoms with Gasteiger partial charge in [-0.1, -0.05) is 6.92 Å². The number of carbonyl (C=O) groups is 4. The molecular formula is C28H35N5O9S. The van der Waals surface area contributed by atoms with Crippen LogP contribution in [0.25, 0.3) is 0 Å². The Balaban J connectivity index is 1.33. The highest BCUT2D eigenvalue weighted by Gasteiger charge is 2.60. The van der Waals surface area contributed by atoms with Crippen LogP contribution in [0.15, 0.2) is 34.9 Å². The maximum Gasteiger partial charge on any atom is 0.410 e. The summed E-state index contributed by atoms with van der Waals surface area (Å²) < 4.78 is 5.51. The van der Waals surface area contributed by atoms with Gasteiger partial charge in [-0.25, -0.2) is 9.59 Å². The molecule has 3 fully saturated rings. The van der Waals surface area contributed by atoms with Crippen molar-refractivity contribution in [3.63, 3.8) is 0 Å². The number of benzene rings is 1. The van der Waals surface area contributed by atoms with Crippen molar-refractivity contribution in [3.05, 3.63) is 50.5 Å². The molecule has 0 bridgehead atoms. The molecule has 5 rings (SSSR count). The number of ether oxygens (including phenoxy) is 1. The molecule has 0 saturated carbocycles. The van der Waals surface area contributed by atoms with Crippen LogP contribution in [0.3, 0.4) is 0 Å². The topological polar surface area (TPSA) is 183 Å². The van der Waals surface area contributed by atoms with Crippen LogP contribution in [0.2, 0.25) is 0 Å². The van der Waals surface area contributed by atoms with Crippen molar-refractivity contribution < 1.29 is 39.1 Å². The predicted octanol–water partition coefficient (Wildman–Crippen LogP) is 1.73. The molecule has 4 aliphatic rings. The molecular weight excluding hydrogens is 582 g/mol. The van der Waals surface area contributed by atoms with E-state index >= 15 is 0 Å². The third kappa shape index (κ3) is 5.80. The number of hydrogen-bond acceptors (Lipinski definition) is 10. The number of nitro groups is 1. The number of hydrogen-bond donors (Lipinski definition) is 3. The average Bonchev–Trinajstić information content (AvgIpc) is 3.63. The van der Waals surface area contributed by atoms with Crippen molar-refractivity contribution >= 4 is 41.3 Å². The highest BCUT2D eigenvalue weighted by molar-refractivity contribution is 8.03. The molecule has 3 saturated heterocycles. The highest BCUT2D eigenvalue weighted by atomic mass is 32.2.